The Kier molecular flexibility index (Phi) is 3.17. The summed E-state index contributed by atoms with van der Waals surface area (Å²) in [5, 5.41) is 3.65. The lowest BCUT2D eigenvalue weighted by Crippen LogP contribution is -2.41. The monoisotopic (exact) mass is 231 g/mol. The first-order valence-electron chi connectivity index (χ1n) is 6.73. The van der Waals surface area contributed by atoms with E-state index in [-0.39, 0.29) is 0 Å². The molecule has 2 nitrogen and oxygen atoms in total. The van der Waals surface area contributed by atoms with Crippen LogP contribution in [0.2, 0.25) is 0 Å². The second kappa shape index (κ2) is 4.79. The third kappa shape index (κ3) is 2.53. The van der Waals surface area contributed by atoms with E-state index in [4.69, 9.17) is 4.74 Å². The molecule has 2 fully saturated rings. The molecule has 2 heteroatoms. The third-order valence-electron chi connectivity index (χ3n) is 4.17. The van der Waals surface area contributed by atoms with Crippen LogP contribution < -0.4 is 5.32 Å². The highest BCUT2D eigenvalue weighted by atomic mass is 16.5. The molecule has 3 atom stereocenters. The number of fused-ring (bicyclic) bond motifs is 2. The summed E-state index contributed by atoms with van der Waals surface area (Å²) >= 11 is 0. The standard InChI is InChI=1S/C15H21NO/c1-11-4-2-3-5-12(11)10-17-15-8-13-6-7-14(9-15)16-13/h2-5,13-16H,6-10H2,1H3/t13-,14+,15?. The minimum absolute atomic E-state index is 0.466. The van der Waals surface area contributed by atoms with Gasteiger partial charge in [0, 0.05) is 12.1 Å². The minimum Gasteiger partial charge on any atom is -0.373 e. The lowest BCUT2D eigenvalue weighted by molar-refractivity contribution is 0.00897. The number of nitrogens with one attached hydrogen (secondary N) is 1. The van der Waals surface area contributed by atoms with Crippen molar-refractivity contribution in [1.82, 2.24) is 5.32 Å². The van der Waals surface area contributed by atoms with E-state index >= 15 is 0 Å². The molecule has 0 aliphatic carbocycles. The molecule has 92 valence electrons. The Hall–Kier alpha value is -0.860. The summed E-state index contributed by atoms with van der Waals surface area (Å²) in [4.78, 5) is 0. The molecule has 1 N–H and O–H groups in total. The van der Waals surface area contributed by atoms with E-state index < -0.39 is 0 Å². The molecule has 2 saturated heterocycles. The van der Waals surface area contributed by atoms with Gasteiger partial charge in [0.05, 0.1) is 12.7 Å². The maximum atomic E-state index is 6.09. The number of piperidine rings is 1. The Morgan fingerprint density at radius 3 is 2.59 bits per heavy atom. The molecular weight excluding hydrogens is 210 g/mol. The van der Waals surface area contributed by atoms with Gasteiger partial charge in [-0.1, -0.05) is 24.3 Å². The van der Waals surface area contributed by atoms with Crippen molar-refractivity contribution in [2.45, 2.75) is 57.4 Å². The van der Waals surface area contributed by atoms with Crippen LogP contribution in [0, 0.1) is 6.92 Å². The SMILES string of the molecule is Cc1ccccc1COC1C[C@H]2CC[C@@H](C1)N2. The van der Waals surface area contributed by atoms with Gasteiger partial charge < -0.3 is 10.1 Å². The minimum atomic E-state index is 0.466. The zero-order chi connectivity index (χ0) is 11.7. The first kappa shape index (κ1) is 11.2. The molecule has 0 saturated carbocycles. The molecule has 1 aromatic rings. The van der Waals surface area contributed by atoms with Crippen LogP contribution in [0.4, 0.5) is 0 Å². The van der Waals surface area contributed by atoms with Crippen LogP contribution in [-0.4, -0.2) is 18.2 Å². The Labute approximate surface area is 103 Å². The van der Waals surface area contributed by atoms with Crippen LogP contribution in [0.1, 0.15) is 36.8 Å². The quantitative estimate of drug-likeness (QED) is 0.863. The van der Waals surface area contributed by atoms with Gasteiger partial charge in [0.2, 0.25) is 0 Å². The van der Waals surface area contributed by atoms with Gasteiger partial charge in [0.15, 0.2) is 0 Å². The van der Waals surface area contributed by atoms with E-state index in [0.717, 1.165) is 18.7 Å². The van der Waals surface area contributed by atoms with Gasteiger partial charge in [0.25, 0.3) is 0 Å². The highest BCUT2D eigenvalue weighted by Crippen LogP contribution is 2.29. The van der Waals surface area contributed by atoms with Gasteiger partial charge in [-0.25, -0.2) is 0 Å². The van der Waals surface area contributed by atoms with Gasteiger partial charge in [-0.3, -0.25) is 0 Å². The number of ether oxygens (including phenoxy) is 1. The summed E-state index contributed by atoms with van der Waals surface area (Å²) in [5.41, 5.74) is 2.67. The van der Waals surface area contributed by atoms with Crippen molar-refractivity contribution in [1.29, 1.82) is 0 Å². The first-order valence-corrected chi connectivity index (χ1v) is 6.73. The topological polar surface area (TPSA) is 21.3 Å². The fourth-order valence-electron chi connectivity index (χ4n) is 3.12. The Balaban J connectivity index is 1.56. The molecule has 3 rings (SSSR count). The van der Waals surface area contributed by atoms with E-state index in [9.17, 15) is 0 Å². The summed E-state index contributed by atoms with van der Waals surface area (Å²) in [7, 11) is 0. The van der Waals surface area contributed by atoms with Crippen LogP contribution in [-0.2, 0) is 11.3 Å². The molecule has 0 aromatic heterocycles. The van der Waals surface area contributed by atoms with E-state index in [0.29, 0.717) is 6.10 Å². The van der Waals surface area contributed by atoms with Crippen molar-refractivity contribution in [2.75, 3.05) is 0 Å². The molecule has 0 spiro atoms. The lowest BCUT2D eigenvalue weighted by Gasteiger charge is -2.29. The number of benzene rings is 1. The average molecular weight is 231 g/mol. The number of hydrogen-bond donors (Lipinski definition) is 1. The van der Waals surface area contributed by atoms with Gasteiger partial charge in [-0.05, 0) is 43.7 Å². The second-order valence-corrected chi connectivity index (χ2v) is 5.47. The van der Waals surface area contributed by atoms with Gasteiger partial charge in [-0.15, -0.1) is 0 Å². The zero-order valence-electron chi connectivity index (χ0n) is 10.5. The van der Waals surface area contributed by atoms with Crippen molar-refractivity contribution in [3.8, 4) is 0 Å². The lowest BCUT2D eigenvalue weighted by atomic mass is 10.0. The normalized spacial score (nSPS) is 31.7. The first-order chi connectivity index (χ1) is 8.31. The predicted octanol–water partition coefficient (Wildman–Crippen LogP) is 2.79. The fraction of sp³-hybridized carbons (Fsp3) is 0.600. The zero-order valence-corrected chi connectivity index (χ0v) is 10.5. The van der Waals surface area contributed by atoms with E-state index in [1.807, 2.05) is 0 Å². The van der Waals surface area contributed by atoms with Crippen molar-refractivity contribution < 1.29 is 4.74 Å². The number of aryl methyl sites for hydroxylation is 1. The Bertz CT molecular complexity index is 378. The van der Waals surface area contributed by atoms with E-state index in [2.05, 4.69) is 36.5 Å². The van der Waals surface area contributed by atoms with Crippen LogP contribution in [0.3, 0.4) is 0 Å². The van der Waals surface area contributed by atoms with Crippen molar-refractivity contribution >= 4 is 0 Å². The van der Waals surface area contributed by atoms with Gasteiger partial charge in [-0.2, -0.15) is 0 Å². The van der Waals surface area contributed by atoms with Crippen LogP contribution in [0.5, 0.6) is 0 Å². The molecule has 17 heavy (non-hydrogen) atoms. The molecule has 2 aliphatic rings. The van der Waals surface area contributed by atoms with E-state index in [1.165, 1.54) is 36.8 Å². The average Bonchev–Trinajstić information content (AvgIpc) is 2.68. The summed E-state index contributed by atoms with van der Waals surface area (Å²) in [6.07, 6.45) is 5.54. The van der Waals surface area contributed by atoms with Crippen LogP contribution >= 0.6 is 0 Å². The predicted molar refractivity (Wildman–Crippen MR) is 68.9 cm³/mol. The molecule has 1 aromatic carbocycles. The van der Waals surface area contributed by atoms with Gasteiger partial charge in [0.1, 0.15) is 0 Å². The van der Waals surface area contributed by atoms with Crippen molar-refractivity contribution in [2.24, 2.45) is 0 Å². The molecular formula is C15H21NO. The molecule has 2 heterocycles. The van der Waals surface area contributed by atoms with E-state index in [1.54, 1.807) is 0 Å². The molecule has 2 bridgehead atoms. The fourth-order valence-corrected chi connectivity index (χ4v) is 3.12. The molecule has 2 aliphatic heterocycles. The molecule has 0 amide bonds. The molecule has 1 unspecified atom stereocenters. The molecule has 0 radical (unpaired) electrons. The van der Waals surface area contributed by atoms with Crippen molar-refractivity contribution in [3.63, 3.8) is 0 Å². The smallest absolute Gasteiger partial charge is 0.0723 e. The van der Waals surface area contributed by atoms with Gasteiger partial charge >= 0.3 is 0 Å². The second-order valence-electron chi connectivity index (χ2n) is 5.47. The summed E-state index contributed by atoms with van der Waals surface area (Å²) in [6, 6.07) is 9.95. The number of rotatable bonds is 3. The Morgan fingerprint density at radius 2 is 1.88 bits per heavy atom. The maximum Gasteiger partial charge on any atom is 0.0723 e. The van der Waals surface area contributed by atoms with Crippen LogP contribution in [0.25, 0.3) is 0 Å². The largest absolute Gasteiger partial charge is 0.373 e. The van der Waals surface area contributed by atoms with Crippen LogP contribution in [0.15, 0.2) is 24.3 Å². The summed E-state index contributed by atoms with van der Waals surface area (Å²) in [5.74, 6) is 0. The maximum absolute atomic E-state index is 6.09. The summed E-state index contributed by atoms with van der Waals surface area (Å²) < 4.78 is 6.09. The highest BCUT2D eigenvalue weighted by molar-refractivity contribution is 5.24. The highest BCUT2D eigenvalue weighted by Gasteiger charge is 2.33. The number of hydrogen-bond acceptors (Lipinski definition) is 2. The summed E-state index contributed by atoms with van der Waals surface area (Å²) in [6.45, 7) is 2.93. The third-order valence-corrected chi connectivity index (χ3v) is 4.17. The Morgan fingerprint density at radius 1 is 1.18 bits per heavy atom. The van der Waals surface area contributed by atoms with Crippen molar-refractivity contribution in [3.05, 3.63) is 35.4 Å².